The quantitative estimate of drug-likeness (QED) is 0.513. The van der Waals surface area contributed by atoms with Gasteiger partial charge in [0.25, 0.3) is 0 Å². The second kappa shape index (κ2) is 10.4. The summed E-state index contributed by atoms with van der Waals surface area (Å²) in [6.07, 6.45) is 3.67. The van der Waals surface area contributed by atoms with Gasteiger partial charge in [-0.1, -0.05) is 0 Å². The van der Waals surface area contributed by atoms with Gasteiger partial charge in [-0.3, -0.25) is 4.79 Å². The maximum absolute atomic E-state index is 12.3. The fourth-order valence-electron chi connectivity index (χ4n) is 5.14. The van der Waals surface area contributed by atoms with Crippen LogP contribution in [0.15, 0.2) is 30.3 Å². The number of carbonyl (C=O) groups is 1. The zero-order valence-electron chi connectivity index (χ0n) is 21.8. The summed E-state index contributed by atoms with van der Waals surface area (Å²) < 4.78 is 12.1. The molecule has 192 valence electrons. The summed E-state index contributed by atoms with van der Waals surface area (Å²) in [5.41, 5.74) is 4.68. The van der Waals surface area contributed by atoms with E-state index in [9.17, 15) is 4.79 Å². The Morgan fingerprint density at radius 1 is 1.08 bits per heavy atom. The Morgan fingerprint density at radius 3 is 2.58 bits per heavy atom. The first-order valence-corrected chi connectivity index (χ1v) is 12.9. The van der Waals surface area contributed by atoms with Crippen LogP contribution in [0, 0.1) is 12.8 Å². The van der Waals surface area contributed by atoms with E-state index in [0.29, 0.717) is 24.7 Å². The van der Waals surface area contributed by atoms with Gasteiger partial charge in [-0.05, 0) is 76.5 Å². The molecule has 2 aromatic heterocycles. The second-order valence-corrected chi connectivity index (χ2v) is 10.3. The van der Waals surface area contributed by atoms with Gasteiger partial charge in [0, 0.05) is 48.9 Å². The number of anilines is 1. The number of aryl methyl sites for hydroxylation is 1. The number of carbonyl (C=O) groups excluding carboxylic acids is 1. The van der Waals surface area contributed by atoms with E-state index in [4.69, 9.17) is 14.5 Å². The van der Waals surface area contributed by atoms with Crippen molar-refractivity contribution >= 4 is 22.5 Å². The molecule has 3 aromatic rings. The van der Waals surface area contributed by atoms with E-state index in [-0.39, 0.29) is 11.9 Å². The molecule has 2 saturated heterocycles. The van der Waals surface area contributed by atoms with Crippen molar-refractivity contribution in [1.29, 1.82) is 0 Å². The molecule has 1 unspecified atom stereocenters. The average Bonchev–Trinajstić information content (AvgIpc) is 3.31. The predicted molar refractivity (Wildman–Crippen MR) is 143 cm³/mol. The van der Waals surface area contributed by atoms with Crippen LogP contribution in [0.2, 0.25) is 0 Å². The number of piperidine rings is 2. The minimum Gasteiger partial charge on any atom is -0.493 e. The Kier molecular flexibility index (Phi) is 7.05. The number of likely N-dealkylation sites (tertiary alicyclic amines) is 2. The third-order valence-corrected chi connectivity index (χ3v) is 7.53. The Hall–Kier alpha value is -3.26. The van der Waals surface area contributed by atoms with Crippen molar-refractivity contribution < 1.29 is 14.3 Å². The average molecular weight is 492 g/mol. The zero-order valence-corrected chi connectivity index (χ0v) is 21.8. The highest BCUT2D eigenvalue weighted by Gasteiger charge is 2.25. The maximum Gasteiger partial charge on any atom is 0.224 e. The van der Waals surface area contributed by atoms with Crippen molar-refractivity contribution in [3.8, 4) is 22.9 Å². The smallest absolute Gasteiger partial charge is 0.224 e. The molecule has 1 atom stereocenters. The predicted octanol–water partition coefficient (Wildman–Crippen LogP) is 4.30. The molecule has 2 aliphatic rings. The number of nitrogens with one attached hydrogen (secondary N) is 2. The number of rotatable bonds is 7. The number of H-pyrrole nitrogens is 1. The van der Waals surface area contributed by atoms with Gasteiger partial charge in [-0.2, -0.15) is 0 Å². The highest BCUT2D eigenvalue weighted by molar-refractivity contribution is 5.96. The van der Waals surface area contributed by atoms with E-state index in [2.05, 4.69) is 28.3 Å². The second-order valence-electron chi connectivity index (χ2n) is 10.3. The molecule has 36 heavy (non-hydrogen) atoms. The number of fused-ring (bicyclic) bond motifs is 1. The Bertz CT molecular complexity index is 1230. The van der Waals surface area contributed by atoms with Crippen LogP contribution in [-0.2, 0) is 4.79 Å². The number of amides is 1. The van der Waals surface area contributed by atoms with Gasteiger partial charge in [0.1, 0.15) is 0 Å². The molecule has 0 spiro atoms. The molecule has 2 aliphatic heterocycles. The normalized spacial score (nSPS) is 19.6. The Morgan fingerprint density at radius 2 is 1.89 bits per heavy atom. The lowest BCUT2D eigenvalue weighted by atomic mass is 9.98. The van der Waals surface area contributed by atoms with E-state index >= 15 is 0 Å². The molecule has 0 radical (unpaired) electrons. The number of aromatic nitrogens is 2. The number of hydrogen-bond acceptors (Lipinski definition) is 6. The van der Waals surface area contributed by atoms with E-state index in [1.54, 1.807) is 12.0 Å². The van der Waals surface area contributed by atoms with Crippen molar-refractivity contribution in [3.63, 3.8) is 0 Å². The van der Waals surface area contributed by atoms with Crippen molar-refractivity contribution in [3.05, 3.63) is 36.0 Å². The lowest BCUT2D eigenvalue weighted by Crippen LogP contribution is -2.41. The van der Waals surface area contributed by atoms with Gasteiger partial charge in [0.2, 0.25) is 5.91 Å². The molecule has 0 aliphatic carbocycles. The fraction of sp³-hybridized carbons (Fsp3) is 0.500. The molecule has 4 heterocycles. The first-order valence-electron chi connectivity index (χ1n) is 12.9. The number of pyridine rings is 1. The fourth-order valence-corrected chi connectivity index (χ4v) is 5.14. The largest absolute Gasteiger partial charge is 0.493 e. The highest BCUT2D eigenvalue weighted by Crippen LogP contribution is 2.38. The first-order chi connectivity index (χ1) is 17.4. The number of aromatic amines is 1. The van der Waals surface area contributed by atoms with Gasteiger partial charge >= 0.3 is 0 Å². The summed E-state index contributed by atoms with van der Waals surface area (Å²) in [5, 5.41) is 4.60. The van der Waals surface area contributed by atoms with Crippen LogP contribution < -0.4 is 14.8 Å². The van der Waals surface area contributed by atoms with Gasteiger partial charge in [0.15, 0.2) is 11.5 Å². The molecular weight excluding hydrogens is 454 g/mol. The Labute approximate surface area is 213 Å². The van der Waals surface area contributed by atoms with Crippen LogP contribution in [-0.4, -0.2) is 79.2 Å². The standard InChI is InChI=1S/C28H37N5O3/c1-18-5-6-22(29-18)25-15-23(30-20-9-12-33(3)28(34)13-20)21-14-26(35-4)27(16-24(21)31-25)36-17-19-7-10-32(2)11-8-19/h5-6,14-16,19-20,29H,7-13,17H2,1-4H3,(H,30,31). The number of methoxy groups -OCH3 is 1. The van der Waals surface area contributed by atoms with E-state index in [1.807, 2.05) is 38.2 Å². The summed E-state index contributed by atoms with van der Waals surface area (Å²) in [4.78, 5) is 24.9. The van der Waals surface area contributed by atoms with Crippen LogP contribution in [0.4, 0.5) is 5.69 Å². The van der Waals surface area contributed by atoms with Gasteiger partial charge < -0.3 is 29.6 Å². The third kappa shape index (κ3) is 5.28. The van der Waals surface area contributed by atoms with E-state index in [0.717, 1.165) is 78.3 Å². The number of ether oxygens (including phenoxy) is 2. The molecule has 5 rings (SSSR count). The number of hydrogen-bond donors (Lipinski definition) is 2. The Balaban J connectivity index is 1.49. The molecule has 8 heteroatoms. The number of nitrogens with zero attached hydrogens (tertiary/aromatic N) is 3. The molecule has 2 N–H and O–H groups in total. The summed E-state index contributed by atoms with van der Waals surface area (Å²) in [7, 11) is 5.71. The van der Waals surface area contributed by atoms with Gasteiger partial charge in [-0.15, -0.1) is 0 Å². The maximum atomic E-state index is 12.3. The van der Waals surface area contributed by atoms with Crippen LogP contribution >= 0.6 is 0 Å². The van der Waals surface area contributed by atoms with Crippen LogP contribution in [0.25, 0.3) is 22.3 Å². The molecule has 0 bridgehead atoms. The minimum atomic E-state index is 0.0730. The highest BCUT2D eigenvalue weighted by atomic mass is 16.5. The van der Waals surface area contributed by atoms with Gasteiger partial charge in [0.05, 0.1) is 30.6 Å². The van der Waals surface area contributed by atoms with Gasteiger partial charge in [-0.25, -0.2) is 4.98 Å². The molecule has 1 amide bonds. The summed E-state index contributed by atoms with van der Waals surface area (Å²) in [6, 6.07) is 10.2. The van der Waals surface area contributed by atoms with Crippen molar-refractivity contribution in [2.24, 2.45) is 5.92 Å². The van der Waals surface area contributed by atoms with Crippen molar-refractivity contribution in [1.82, 2.24) is 19.8 Å². The number of benzene rings is 1. The summed E-state index contributed by atoms with van der Waals surface area (Å²) in [6.45, 7) is 5.68. The van der Waals surface area contributed by atoms with Crippen molar-refractivity contribution in [2.75, 3.05) is 52.8 Å². The monoisotopic (exact) mass is 491 g/mol. The molecule has 2 fully saturated rings. The molecule has 8 nitrogen and oxygen atoms in total. The molecular formula is C28H37N5O3. The SMILES string of the molecule is COc1cc2c(NC3CCN(C)C(=O)C3)cc(-c3ccc(C)[nH]3)nc2cc1OCC1CCN(C)CC1. The lowest BCUT2D eigenvalue weighted by Gasteiger charge is -2.30. The zero-order chi connectivity index (χ0) is 25.2. The minimum absolute atomic E-state index is 0.0730. The molecule has 0 saturated carbocycles. The van der Waals surface area contributed by atoms with Crippen LogP contribution in [0.5, 0.6) is 11.5 Å². The topological polar surface area (TPSA) is 82.7 Å². The van der Waals surface area contributed by atoms with Crippen molar-refractivity contribution in [2.45, 2.75) is 38.6 Å². The molecule has 1 aromatic carbocycles. The lowest BCUT2D eigenvalue weighted by molar-refractivity contribution is -0.132. The van der Waals surface area contributed by atoms with Crippen LogP contribution in [0.3, 0.4) is 0 Å². The first kappa shape index (κ1) is 24.4. The summed E-state index contributed by atoms with van der Waals surface area (Å²) >= 11 is 0. The van der Waals surface area contributed by atoms with E-state index < -0.39 is 0 Å². The third-order valence-electron chi connectivity index (χ3n) is 7.53. The van der Waals surface area contributed by atoms with Crippen LogP contribution in [0.1, 0.15) is 31.4 Å². The summed E-state index contributed by atoms with van der Waals surface area (Å²) in [5.74, 6) is 2.13. The van der Waals surface area contributed by atoms with E-state index in [1.165, 1.54) is 0 Å².